The lowest BCUT2D eigenvalue weighted by Crippen LogP contribution is -2.12. The number of hydrogen-bond donors (Lipinski definition) is 2. The molecule has 29 heavy (non-hydrogen) atoms. The number of carbonyl (C=O) groups is 1. The number of carbonyl (C=O) groups excluding carboxylic acids is 1. The maximum atomic E-state index is 12.5. The van der Waals surface area contributed by atoms with Crippen LogP contribution in [-0.4, -0.2) is 32.2 Å². The van der Waals surface area contributed by atoms with Crippen molar-refractivity contribution >= 4 is 17.4 Å². The lowest BCUT2D eigenvalue weighted by atomic mass is 10.2. The number of aromatic nitrogens is 1. The van der Waals surface area contributed by atoms with Crippen molar-refractivity contribution in [1.82, 2.24) is 4.98 Å². The number of benzene rings is 2. The predicted octanol–water partition coefficient (Wildman–Crippen LogP) is 3.97. The van der Waals surface area contributed by atoms with Crippen molar-refractivity contribution in [3.63, 3.8) is 0 Å². The second-order valence-corrected chi connectivity index (χ2v) is 6.16. The van der Waals surface area contributed by atoms with Gasteiger partial charge in [-0.3, -0.25) is 4.79 Å². The van der Waals surface area contributed by atoms with E-state index in [0.717, 1.165) is 11.3 Å². The molecule has 7 nitrogen and oxygen atoms in total. The highest BCUT2D eigenvalue weighted by atomic mass is 16.5. The quantitative estimate of drug-likeness (QED) is 0.603. The number of nitrogens with one attached hydrogen (secondary N) is 2. The Hall–Kier alpha value is -3.74. The monoisotopic (exact) mass is 393 g/mol. The summed E-state index contributed by atoms with van der Waals surface area (Å²) in [6.07, 6.45) is 1.61. The molecule has 0 aliphatic heterocycles. The van der Waals surface area contributed by atoms with Crippen molar-refractivity contribution < 1.29 is 19.0 Å². The molecule has 0 saturated heterocycles. The third-order valence-electron chi connectivity index (χ3n) is 4.30. The number of ether oxygens (including phenoxy) is 3. The third kappa shape index (κ3) is 5.16. The molecular weight excluding hydrogens is 370 g/mol. The molecule has 2 N–H and O–H groups in total. The van der Waals surface area contributed by atoms with Gasteiger partial charge in [-0.2, -0.15) is 0 Å². The molecule has 0 unspecified atom stereocenters. The van der Waals surface area contributed by atoms with Crippen LogP contribution in [0.4, 0.5) is 11.5 Å². The van der Waals surface area contributed by atoms with Crippen molar-refractivity contribution in [2.75, 3.05) is 32.0 Å². The maximum Gasteiger partial charge on any atom is 0.255 e. The van der Waals surface area contributed by atoms with Gasteiger partial charge in [0, 0.05) is 12.1 Å². The van der Waals surface area contributed by atoms with Crippen molar-refractivity contribution in [1.29, 1.82) is 0 Å². The molecular formula is C22H23N3O4. The molecule has 0 atom stereocenters. The number of rotatable bonds is 8. The van der Waals surface area contributed by atoms with Gasteiger partial charge in [-0.25, -0.2) is 4.98 Å². The van der Waals surface area contributed by atoms with Crippen molar-refractivity contribution in [3.05, 3.63) is 71.9 Å². The Morgan fingerprint density at radius 3 is 2.28 bits per heavy atom. The van der Waals surface area contributed by atoms with Gasteiger partial charge in [0.05, 0.1) is 33.2 Å². The van der Waals surface area contributed by atoms with Crippen LogP contribution in [0, 0.1) is 0 Å². The van der Waals surface area contributed by atoms with Gasteiger partial charge in [-0.1, -0.05) is 12.1 Å². The number of hydrogen-bond acceptors (Lipinski definition) is 6. The van der Waals surface area contributed by atoms with Crippen molar-refractivity contribution in [3.8, 4) is 17.2 Å². The Kier molecular flexibility index (Phi) is 6.52. The fourth-order valence-electron chi connectivity index (χ4n) is 2.69. The first kappa shape index (κ1) is 20.0. The zero-order valence-corrected chi connectivity index (χ0v) is 16.6. The summed E-state index contributed by atoms with van der Waals surface area (Å²) in [5.41, 5.74) is 2.17. The Morgan fingerprint density at radius 2 is 1.66 bits per heavy atom. The first-order valence-corrected chi connectivity index (χ1v) is 8.99. The molecule has 0 bridgehead atoms. The number of methoxy groups -OCH3 is 3. The van der Waals surface area contributed by atoms with Crippen molar-refractivity contribution in [2.24, 2.45) is 0 Å². The minimum absolute atomic E-state index is 0.258. The normalized spacial score (nSPS) is 10.2. The van der Waals surface area contributed by atoms with Gasteiger partial charge >= 0.3 is 0 Å². The van der Waals surface area contributed by atoms with Gasteiger partial charge in [0.1, 0.15) is 11.6 Å². The summed E-state index contributed by atoms with van der Waals surface area (Å²) in [6.45, 7) is 0.633. The van der Waals surface area contributed by atoms with E-state index in [9.17, 15) is 4.79 Å². The van der Waals surface area contributed by atoms with Crippen LogP contribution in [0.1, 0.15) is 15.9 Å². The minimum Gasteiger partial charge on any atom is -0.497 e. The Balaban J connectivity index is 1.59. The van der Waals surface area contributed by atoms with Gasteiger partial charge in [0.2, 0.25) is 0 Å². The molecule has 7 heteroatoms. The highest BCUT2D eigenvalue weighted by Crippen LogP contribution is 2.27. The van der Waals surface area contributed by atoms with Crippen LogP contribution in [-0.2, 0) is 6.54 Å². The van der Waals surface area contributed by atoms with Crippen LogP contribution in [0.5, 0.6) is 17.2 Å². The number of nitrogens with zero attached hydrogens (tertiary/aromatic N) is 1. The summed E-state index contributed by atoms with van der Waals surface area (Å²) in [5, 5.41) is 6.06. The predicted molar refractivity (Wildman–Crippen MR) is 112 cm³/mol. The third-order valence-corrected chi connectivity index (χ3v) is 4.30. The van der Waals surface area contributed by atoms with E-state index in [1.165, 1.54) is 7.11 Å². The largest absolute Gasteiger partial charge is 0.497 e. The van der Waals surface area contributed by atoms with Crippen LogP contribution in [0.15, 0.2) is 60.8 Å². The fourth-order valence-corrected chi connectivity index (χ4v) is 2.69. The van der Waals surface area contributed by atoms with Crippen molar-refractivity contribution in [2.45, 2.75) is 6.54 Å². The van der Waals surface area contributed by atoms with Gasteiger partial charge in [0.15, 0.2) is 11.5 Å². The van der Waals surface area contributed by atoms with Crippen LogP contribution in [0.2, 0.25) is 0 Å². The summed E-state index contributed by atoms with van der Waals surface area (Å²) in [7, 11) is 4.72. The van der Waals surface area contributed by atoms with Crippen LogP contribution < -0.4 is 24.8 Å². The highest BCUT2D eigenvalue weighted by Gasteiger charge is 2.11. The molecule has 3 rings (SSSR count). The summed E-state index contributed by atoms with van der Waals surface area (Å²) >= 11 is 0. The second-order valence-electron chi connectivity index (χ2n) is 6.16. The van der Waals surface area contributed by atoms with Gasteiger partial charge in [-0.15, -0.1) is 0 Å². The first-order valence-electron chi connectivity index (χ1n) is 8.99. The molecule has 1 heterocycles. The Morgan fingerprint density at radius 1 is 0.897 bits per heavy atom. The van der Waals surface area contributed by atoms with E-state index < -0.39 is 0 Å². The number of anilines is 2. The van der Waals surface area contributed by atoms with Crippen LogP contribution in [0.25, 0.3) is 0 Å². The lowest BCUT2D eigenvalue weighted by Gasteiger charge is -2.10. The van der Waals surface area contributed by atoms with E-state index in [4.69, 9.17) is 14.2 Å². The van der Waals surface area contributed by atoms with E-state index in [0.29, 0.717) is 35.1 Å². The van der Waals surface area contributed by atoms with Gasteiger partial charge < -0.3 is 24.8 Å². The smallest absolute Gasteiger partial charge is 0.255 e. The molecule has 0 saturated carbocycles. The lowest BCUT2D eigenvalue weighted by molar-refractivity contribution is 0.102. The molecule has 150 valence electrons. The Labute approximate surface area is 169 Å². The van der Waals surface area contributed by atoms with E-state index in [2.05, 4.69) is 15.6 Å². The van der Waals surface area contributed by atoms with Crippen LogP contribution in [0.3, 0.4) is 0 Å². The first-order chi connectivity index (χ1) is 14.1. The van der Waals surface area contributed by atoms with Gasteiger partial charge in [-0.05, 0) is 48.0 Å². The molecule has 0 spiro atoms. The minimum atomic E-state index is -0.258. The summed E-state index contributed by atoms with van der Waals surface area (Å²) in [4.78, 5) is 16.8. The standard InChI is InChI=1S/C22H23N3O4/c1-27-18-8-4-15(5-9-18)13-23-21-11-7-17(14-24-21)25-22(26)16-6-10-19(28-2)20(12-16)29-3/h4-12,14H,13H2,1-3H3,(H,23,24)(H,25,26). The zero-order valence-electron chi connectivity index (χ0n) is 16.6. The molecule has 0 fully saturated rings. The zero-order chi connectivity index (χ0) is 20.6. The molecule has 0 aliphatic rings. The Bertz CT molecular complexity index is 957. The molecule has 1 aromatic heterocycles. The fraction of sp³-hybridized carbons (Fsp3) is 0.182. The molecule has 3 aromatic rings. The van der Waals surface area contributed by atoms with E-state index >= 15 is 0 Å². The molecule has 0 radical (unpaired) electrons. The van der Waals surface area contributed by atoms with E-state index in [1.54, 1.807) is 44.7 Å². The second kappa shape index (κ2) is 9.45. The average Bonchev–Trinajstić information content (AvgIpc) is 2.78. The van der Waals surface area contributed by atoms with Gasteiger partial charge in [0.25, 0.3) is 5.91 Å². The maximum absolute atomic E-state index is 12.5. The van der Waals surface area contributed by atoms with Crippen LogP contribution >= 0.6 is 0 Å². The van der Waals surface area contributed by atoms with E-state index in [-0.39, 0.29) is 5.91 Å². The number of pyridine rings is 1. The topological polar surface area (TPSA) is 81.7 Å². The SMILES string of the molecule is COc1ccc(CNc2ccc(NC(=O)c3ccc(OC)c(OC)c3)cn2)cc1. The summed E-state index contributed by atoms with van der Waals surface area (Å²) in [5.74, 6) is 2.34. The van der Waals surface area contributed by atoms with E-state index in [1.807, 2.05) is 30.3 Å². The molecule has 1 amide bonds. The number of amides is 1. The summed E-state index contributed by atoms with van der Waals surface area (Å²) in [6, 6.07) is 16.4. The highest BCUT2D eigenvalue weighted by molar-refractivity contribution is 6.04. The molecule has 2 aromatic carbocycles. The summed E-state index contributed by atoms with van der Waals surface area (Å²) < 4.78 is 15.6. The average molecular weight is 393 g/mol. The molecule has 0 aliphatic carbocycles.